The SMILES string of the molecule is COc1ccc(C)cc1/C=C/C(=O)Oc1ccc(C(=O)c2ccc(F)cc2)cc1. The predicted octanol–water partition coefficient (Wildman–Crippen LogP) is 4.99. The van der Waals surface area contributed by atoms with Crippen LogP contribution in [0.1, 0.15) is 27.0 Å². The number of ketones is 1. The molecule has 0 radical (unpaired) electrons. The fourth-order valence-corrected chi connectivity index (χ4v) is 2.73. The number of methoxy groups -OCH3 is 1. The van der Waals surface area contributed by atoms with Crippen molar-refractivity contribution in [3.05, 3.63) is 101 Å². The van der Waals surface area contributed by atoms with Crippen LogP contribution in [0.3, 0.4) is 0 Å². The number of benzene rings is 3. The van der Waals surface area contributed by atoms with E-state index in [4.69, 9.17) is 9.47 Å². The highest BCUT2D eigenvalue weighted by molar-refractivity contribution is 6.09. The second-order valence-electron chi connectivity index (χ2n) is 6.36. The minimum Gasteiger partial charge on any atom is -0.496 e. The lowest BCUT2D eigenvalue weighted by Crippen LogP contribution is -2.05. The monoisotopic (exact) mass is 390 g/mol. The number of aryl methyl sites for hydroxylation is 1. The van der Waals surface area contributed by atoms with Crippen LogP contribution in [0.15, 0.2) is 72.8 Å². The largest absolute Gasteiger partial charge is 0.496 e. The van der Waals surface area contributed by atoms with E-state index in [0.717, 1.165) is 11.1 Å². The molecule has 146 valence electrons. The molecule has 0 saturated heterocycles. The van der Waals surface area contributed by atoms with Crippen LogP contribution in [0.4, 0.5) is 4.39 Å². The number of hydrogen-bond acceptors (Lipinski definition) is 4. The van der Waals surface area contributed by atoms with Gasteiger partial charge in [0.25, 0.3) is 0 Å². The van der Waals surface area contributed by atoms with Gasteiger partial charge in [0.05, 0.1) is 7.11 Å². The van der Waals surface area contributed by atoms with E-state index in [1.165, 1.54) is 42.5 Å². The van der Waals surface area contributed by atoms with E-state index in [-0.39, 0.29) is 5.78 Å². The van der Waals surface area contributed by atoms with Gasteiger partial charge < -0.3 is 9.47 Å². The first-order chi connectivity index (χ1) is 14.0. The molecule has 0 spiro atoms. The first-order valence-electron chi connectivity index (χ1n) is 8.91. The van der Waals surface area contributed by atoms with Crippen molar-refractivity contribution in [3.8, 4) is 11.5 Å². The third kappa shape index (κ3) is 5.17. The maximum absolute atomic E-state index is 13.0. The second-order valence-corrected chi connectivity index (χ2v) is 6.36. The molecule has 3 rings (SSSR count). The zero-order valence-electron chi connectivity index (χ0n) is 16.0. The van der Waals surface area contributed by atoms with Gasteiger partial charge in [-0.05, 0) is 73.7 Å². The number of carbonyl (C=O) groups excluding carboxylic acids is 2. The average molecular weight is 390 g/mol. The third-order valence-electron chi connectivity index (χ3n) is 4.23. The maximum Gasteiger partial charge on any atom is 0.336 e. The van der Waals surface area contributed by atoms with Crippen molar-refractivity contribution >= 4 is 17.8 Å². The van der Waals surface area contributed by atoms with Gasteiger partial charge in [0.2, 0.25) is 0 Å². The Bertz CT molecular complexity index is 1050. The molecular weight excluding hydrogens is 371 g/mol. The Hall–Kier alpha value is -3.73. The van der Waals surface area contributed by atoms with Gasteiger partial charge in [-0.25, -0.2) is 9.18 Å². The molecule has 0 amide bonds. The van der Waals surface area contributed by atoms with E-state index in [0.29, 0.717) is 22.6 Å². The molecule has 0 fully saturated rings. The minimum atomic E-state index is -0.550. The number of halogens is 1. The van der Waals surface area contributed by atoms with E-state index in [2.05, 4.69) is 0 Å². The molecule has 0 aliphatic rings. The Labute approximate surface area is 168 Å². The van der Waals surface area contributed by atoms with Gasteiger partial charge in [0, 0.05) is 22.8 Å². The van der Waals surface area contributed by atoms with Crippen molar-refractivity contribution < 1.29 is 23.5 Å². The smallest absolute Gasteiger partial charge is 0.336 e. The molecule has 0 atom stereocenters. The first-order valence-corrected chi connectivity index (χ1v) is 8.91. The van der Waals surface area contributed by atoms with E-state index in [1.54, 1.807) is 25.3 Å². The fourth-order valence-electron chi connectivity index (χ4n) is 2.73. The van der Waals surface area contributed by atoms with Gasteiger partial charge in [0.15, 0.2) is 5.78 Å². The van der Waals surface area contributed by atoms with Gasteiger partial charge in [0.1, 0.15) is 17.3 Å². The average Bonchev–Trinajstić information content (AvgIpc) is 2.73. The standard InChI is InChI=1S/C24H19FO4/c1-16-3-13-22(28-2)19(15-16)8-14-23(26)29-21-11-6-18(7-12-21)24(27)17-4-9-20(25)10-5-17/h3-15H,1-2H3/b14-8+. The van der Waals surface area contributed by atoms with Crippen molar-refractivity contribution in [2.75, 3.05) is 7.11 Å². The molecule has 29 heavy (non-hydrogen) atoms. The normalized spacial score (nSPS) is 10.7. The summed E-state index contributed by atoms with van der Waals surface area (Å²) in [5.74, 6) is -0.226. The Morgan fingerprint density at radius 3 is 2.14 bits per heavy atom. The Morgan fingerprint density at radius 2 is 1.52 bits per heavy atom. The van der Waals surface area contributed by atoms with Crippen LogP contribution in [-0.2, 0) is 4.79 Å². The van der Waals surface area contributed by atoms with Gasteiger partial charge in [-0.15, -0.1) is 0 Å². The van der Waals surface area contributed by atoms with E-state index in [9.17, 15) is 14.0 Å². The van der Waals surface area contributed by atoms with Crippen LogP contribution in [0.2, 0.25) is 0 Å². The van der Waals surface area contributed by atoms with E-state index >= 15 is 0 Å². The lowest BCUT2D eigenvalue weighted by Gasteiger charge is -2.06. The molecular formula is C24H19FO4. The number of ether oxygens (including phenoxy) is 2. The summed E-state index contributed by atoms with van der Waals surface area (Å²) in [5, 5.41) is 0. The van der Waals surface area contributed by atoms with Crippen molar-refractivity contribution in [3.63, 3.8) is 0 Å². The number of esters is 1. The lowest BCUT2D eigenvalue weighted by atomic mass is 10.0. The van der Waals surface area contributed by atoms with Crippen LogP contribution in [0.5, 0.6) is 11.5 Å². The second kappa shape index (κ2) is 8.97. The van der Waals surface area contributed by atoms with Crippen molar-refractivity contribution in [2.24, 2.45) is 0 Å². The summed E-state index contributed by atoms with van der Waals surface area (Å²) < 4.78 is 23.5. The summed E-state index contributed by atoms with van der Waals surface area (Å²) in [6.45, 7) is 1.95. The van der Waals surface area contributed by atoms with Crippen LogP contribution >= 0.6 is 0 Å². The van der Waals surface area contributed by atoms with Gasteiger partial charge in [-0.3, -0.25) is 4.79 Å². The summed E-state index contributed by atoms with van der Waals surface area (Å²) in [5.41, 5.74) is 2.60. The zero-order chi connectivity index (χ0) is 20.8. The molecule has 0 unspecified atom stereocenters. The number of rotatable bonds is 6. The molecule has 0 heterocycles. The number of hydrogen-bond donors (Lipinski definition) is 0. The van der Waals surface area contributed by atoms with E-state index in [1.807, 2.05) is 25.1 Å². The maximum atomic E-state index is 13.0. The quantitative estimate of drug-likeness (QED) is 0.257. The van der Waals surface area contributed by atoms with Crippen LogP contribution < -0.4 is 9.47 Å². The molecule has 0 bridgehead atoms. The number of carbonyl (C=O) groups is 2. The molecule has 0 N–H and O–H groups in total. The highest BCUT2D eigenvalue weighted by Gasteiger charge is 2.10. The highest BCUT2D eigenvalue weighted by Crippen LogP contribution is 2.21. The van der Waals surface area contributed by atoms with Gasteiger partial charge in [-0.2, -0.15) is 0 Å². The third-order valence-corrected chi connectivity index (χ3v) is 4.23. The molecule has 3 aromatic rings. The Kier molecular flexibility index (Phi) is 6.19. The Morgan fingerprint density at radius 1 is 0.897 bits per heavy atom. The summed E-state index contributed by atoms with van der Waals surface area (Å²) in [7, 11) is 1.56. The molecule has 0 aliphatic carbocycles. The molecule has 0 aromatic heterocycles. The molecule has 0 aliphatic heterocycles. The lowest BCUT2D eigenvalue weighted by molar-refractivity contribution is -0.128. The van der Waals surface area contributed by atoms with Crippen molar-refractivity contribution in [1.29, 1.82) is 0 Å². The molecule has 3 aromatic carbocycles. The molecule has 4 nitrogen and oxygen atoms in total. The fraction of sp³-hybridized carbons (Fsp3) is 0.0833. The summed E-state index contributed by atoms with van der Waals surface area (Å²) in [6.07, 6.45) is 2.94. The van der Waals surface area contributed by atoms with Crippen molar-refractivity contribution in [1.82, 2.24) is 0 Å². The minimum absolute atomic E-state index is 0.241. The molecule has 0 saturated carbocycles. The topological polar surface area (TPSA) is 52.6 Å². The predicted molar refractivity (Wildman–Crippen MR) is 109 cm³/mol. The van der Waals surface area contributed by atoms with Crippen LogP contribution in [0, 0.1) is 12.7 Å². The van der Waals surface area contributed by atoms with Gasteiger partial charge >= 0.3 is 5.97 Å². The van der Waals surface area contributed by atoms with Gasteiger partial charge in [-0.1, -0.05) is 11.6 Å². The highest BCUT2D eigenvalue weighted by atomic mass is 19.1. The zero-order valence-corrected chi connectivity index (χ0v) is 16.0. The van der Waals surface area contributed by atoms with Crippen molar-refractivity contribution in [2.45, 2.75) is 6.92 Å². The van der Waals surface area contributed by atoms with Crippen LogP contribution in [-0.4, -0.2) is 18.9 Å². The Balaban J connectivity index is 1.66. The summed E-state index contributed by atoms with van der Waals surface area (Å²) in [4.78, 5) is 24.5. The summed E-state index contributed by atoms with van der Waals surface area (Å²) in [6, 6.07) is 17.2. The van der Waals surface area contributed by atoms with E-state index < -0.39 is 11.8 Å². The van der Waals surface area contributed by atoms with Crippen LogP contribution in [0.25, 0.3) is 6.08 Å². The first kappa shape index (κ1) is 20.0. The molecule has 5 heteroatoms. The summed E-state index contributed by atoms with van der Waals surface area (Å²) >= 11 is 0.